The van der Waals surface area contributed by atoms with Crippen molar-refractivity contribution in [1.29, 1.82) is 0 Å². The number of ether oxygens (including phenoxy) is 2. The number of pyridine rings is 1. The number of nitrogens with zero attached hydrogens (tertiary/aromatic N) is 2. The maximum absolute atomic E-state index is 10.6. The zero-order valence-corrected chi connectivity index (χ0v) is 10.1. The molecule has 0 unspecified atom stereocenters. The van der Waals surface area contributed by atoms with E-state index < -0.39 is 4.92 Å². The summed E-state index contributed by atoms with van der Waals surface area (Å²) in [6.07, 6.45) is 0.931. The van der Waals surface area contributed by atoms with Gasteiger partial charge in [0.05, 0.1) is 23.7 Å². The van der Waals surface area contributed by atoms with Crippen molar-refractivity contribution in [2.75, 3.05) is 19.8 Å². The van der Waals surface area contributed by atoms with E-state index in [1.807, 2.05) is 6.92 Å². The summed E-state index contributed by atoms with van der Waals surface area (Å²) in [4.78, 5) is 13.8. The Bertz CT molecular complexity index is 387. The normalized spacial score (nSPS) is 10.2. The Balaban J connectivity index is 2.50. The van der Waals surface area contributed by atoms with Crippen molar-refractivity contribution in [3.63, 3.8) is 0 Å². The number of rotatable bonds is 7. The zero-order chi connectivity index (χ0) is 12.7. The van der Waals surface area contributed by atoms with Gasteiger partial charge in [-0.2, -0.15) is 0 Å². The minimum Gasteiger partial charge on any atom is -0.475 e. The molecule has 0 saturated heterocycles. The lowest BCUT2D eigenvalue weighted by Crippen LogP contribution is -2.08. The molecule has 0 N–H and O–H groups in total. The van der Waals surface area contributed by atoms with E-state index in [4.69, 9.17) is 21.1 Å². The second-order valence-corrected chi connectivity index (χ2v) is 3.59. The van der Waals surface area contributed by atoms with Gasteiger partial charge in [-0.25, -0.2) is 4.98 Å². The summed E-state index contributed by atoms with van der Waals surface area (Å²) in [6.45, 7) is 3.36. The van der Waals surface area contributed by atoms with Crippen LogP contribution in [0.5, 0.6) is 5.88 Å². The SMILES string of the molecule is CCCOCCOc1cc([N+](=O)[O-])cc(Cl)n1. The van der Waals surface area contributed by atoms with Crippen LogP contribution in [0.25, 0.3) is 0 Å². The van der Waals surface area contributed by atoms with Crippen LogP contribution in [0.4, 0.5) is 5.69 Å². The second-order valence-electron chi connectivity index (χ2n) is 3.20. The standard InChI is InChI=1S/C10H13ClN2O4/c1-2-3-16-4-5-17-10-7-8(13(14)15)6-9(11)12-10/h6-7H,2-5H2,1H3. The van der Waals surface area contributed by atoms with Crippen molar-refractivity contribution < 1.29 is 14.4 Å². The third-order valence-electron chi connectivity index (χ3n) is 1.79. The van der Waals surface area contributed by atoms with Crippen LogP contribution in [0.1, 0.15) is 13.3 Å². The Morgan fingerprint density at radius 3 is 2.82 bits per heavy atom. The topological polar surface area (TPSA) is 74.5 Å². The lowest BCUT2D eigenvalue weighted by atomic mass is 10.4. The molecule has 0 bridgehead atoms. The fourth-order valence-electron chi connectivity index (χ4n) is 1.09. The summed E-state index contributed by atoms with van der Waals surface area (Å²) in [7, 11) is 0. The highest BCUT2D eigenvalue weighted by atomic mass is 35.5. The Hall–Kier alpha value is -1.40. The lowest BCUT2D eigenvalue weighted by Gasteiger charge is -2.05. The third-order valence-corrected chi connectivity index (χ3v) is 1.99. The number of halogens is 1. The first-order valence-electron chi connectivity index (χ1n) is 5.16. The minimum atomic E-state index is -0.548. The first-order valence-corrected chi connectivity index (χ1v) is 5.53. The largest absolute Gasteiger partial charge is 0.475 e. The van der Waals surface area contributed by atoms with Gasteiger partial charge in [-0.15, -0.1) is 0 Å². The van der Waals surface area contributed by atoms with Crippen LogP contribution in [-0.2, 0) is 4.74 Å². The third kappa shape index (κ3) is 4.97. The van der Waals surface area contributed by atoms with Gasteiger partial charge in [0.25, 0.3) is 5.69 Å². The van der Waals surface area contributed by atoms with Crippen LogP contribution >= 0.6 is 11.6 Å². The van der Waals surface area contributed by atoms with E-state index in [0.717, 1.165) is 6.42 Å². The molecule has 0 amide bonds. The quantitative estimate of drug-likeness (QED) is 0.326. The van der Waals surface area contributed by atoms with Gasteiger partial charge in [0, 0.05) is 6.61 Å². The first-order chi connectivity index (χ1) is 8.13. The van der Waals surface area contributed by atoms with Crippen molar-refractivity contribution in [3.05, 3.63) is 27.4 Å². The van der Waals surface area contributed by atoms with Crippen LogP contribution in [0.3, 0.4) is 0 Å². The van der Waals surface area contributed by atoms with Crippen LogP contribution in [-0.4, -0.2) is 29.7 Å². The van der Waals surface area contributed by atoms with Crippen LogP contribution < -0.4 is 4.74 Å². The highest BCUT2D eigenvalue weighted by molar-refractivity contribution is 6.29. The molecule has 6 nitrogen and oxygen atoms in total. The highest BCUT2D eigenvalue weighted by Gasteiger charge is 2.10. The van der Waals surface area contributed by atoms with Gasteiger partial charge >= 0.3 is 0 Å². The number of aromatic nitrogens is 1. The molecule has 1 aromatic heterocycles. The molecule has 0 aliphatic carbocycles. The summed E-state index contributed by atoms with van der Waals surface area (Å²) in [5.41, 5.74) is -0.144. The predicted octanol–water partition coefficient (Wildman–Crippen LogP) is 2.45. The molecule has 0 saturated carbocycles. The van der Waals surface area contributed by atoms with Gasteiger partial charge in [-0.1, -0.05) is 18.5 Å². The second kappa shape index (κ2) is 7.03. The maximum atomic E-state index is 10.6. The summed E-state index contributed by atoms with van der Waals surface area (Å²) in [6, 6.07) is 2.40. The van der Waals surface area contributed by atoms with Gasteiger partial charge < -0.3 is 9.47 Å². The smallest absolute Gasteiger partial charge is 0.277 e. The monoisotopic (exact) mass is 260 g/mol. The van der Waals surface area contributed by atoms with Gasteiger partial charge in [0.15, 0.2) is 0 Å². The first kappa shape index (κ1) is 13.7. The molecule has 94 valence electrons. The molecule has 0 spiro atoms. The average Bonchev–Trinajstić information content (AvgIpc) is 2.28. The van der Waals surface area contributed by atoms with Crippen molar-refractivity contribution in [2.24, 2.45) is 0 Å². The molecule has 17 heavy (non-hydrogen) atoms. The van der Waals surface area contributed by atoms with Crippen molar-refractivity contribution in [2.45, 2.75) is 13.3 Å². The van der Waals surface area contributed by atoms with Crippen molar-refractivity contribution in [3.8, 4) is 5.88 Å². The molecule has 1 aromatic rings. The minimum absolute atomic E-state index is 0.0312. The molecule has 0 aliphatic heterocycles. The fraction of sp³-hybridized carbons (Fsp3) is 0.500. The van der Waals surface area contributed by atoms with E-state index in [1.165, 1.54) is 12.1 Å². The fourth-order valence-corrected chi connectivity index (χ4v) is 1.29. The van der Waals surface area contributed by atoms with Gasteiger partial charge in [-0.05, 0) is 6.42 Å². The Morgan fingerprint density at radius 1 is 1.41 bits per heavy atom. The molecule has 0 radical (unpaired) electrons. The van der Waals surface area contributed by atoms with Gasteiger partial charge in [0.2, 0.25) is 5.88 Å². The molecular formula is C10H13ClN2O4. The van der Waals surface area contributed by atoms with E-state index in [0.29, 0.717) is 13.2 Å². The Labute approximate surface area is 104 Å². The van der Waals surface area contributed by atoms with E-state index in [2.05, 4.69) is 4.98 Å². The number of nitro groups is 1. The summed E-state index contributed by atoms with van der Waals surface area (Å²) >= 11 is 5.63. The molecule has 0 aromatic carbocycles. The lowest BCUT2D eigenvalue weighted by molar-refractivity contribution is -0.385. The van der Waals surface area contributed by atoms with E-state index >= 15 is 0 Å². The molecular weight excluding hydrogens is 248 g/mol. The average molecular weight is 261 g/mol. The van der Waals surface area contributed by atoms with E-state index in [1.54, 1.807) is 0 Å². The molecule has 0 aliphatic rings. The van der Waals surface area contributed by atoms with Gasteiger partial charge in [0.1, 0.15) is 11.8 Å². The maximum Gasteiger partial charge on any atom is 0.277 e. The highest BCUT2D eigenvalue weighted by Crippen LogP contribution is 2.21. The Kier molecular flexibility index (Phi) is 5.65. The van der Waals surface area contributed by atoms with Crippen LogP contribution in [0.15, 0.2) is 12.1 Å². The number of hydrogen-bond acceptors (Lipinski definition) is 5. The van der Waals surface area contributed by atoms with Crippen LogP contribution in [0.2, 0.25) is 5.15 Å². The van der Waals surface area contributed by atoms with Gasteiger partial charge in [-0.3, -0.25) is 10.1 Å². The summed E-state index contributed by atoms with van der Waals surface area (Å²) in [5, 5.41) is 10.6. The molecule has 1 heterocycles. The number of hydrogen-bond donors (Lipinski definition) is 0. The zero-order valence-electron chi connectivity index (χ0n) is 9.39. The summed E-state index contributed by atoms with van der Waals surface area (Å²) < 4.78 is 10.4. The van der Waals surface area contributed by atoms with Crippen LogP contribution in [0, 0.1) is 10.1 Å². The Morgan fingerprint density at radius 2 is 2.18 bits per heavy atom. The predicted molar refractivity (Wildman–Crippen MR) is 62.5 cm³/mol. The van der Waals surface area contributed by atoms with Crippen molar-refractivity contribution >= 4 is 17.3 Å². The van der Waals surface area contributed by atoms with E-state index in [9.17, 15) is 10.1 Å². The molecule has 0 fully saturated rings. The molecule has 1 rings (SSSR count). The summed E-state index contributed by atoms with van der Waals surface area (Å²) in [5.74, 6) is 0.129. The van der Waals surface area contributed by atoms with Crippen molar-refractivity contribution in [1.82, 2.24) is 4.98 Å². The molecule has 7 heteroatoms. The molecule has 0 atom stereocenters. The van der Waals surface area contributed by atoms with E-state index in [-0.39, 0.29) is 23.3 Å².